The van der Waals surface area contributed by atoms with Crippen LogP contribution < -0.4 is 0 Å². The fraction of sp³-hybridized carbons (Fsp3) is 0.462. The molecule has 0 heterocycles. The molecule has 32 heavy (non-hydrogen) atoms. The first-order chi connectivity index (χ1) is 15.5. The number of halogens is 2. The van der Waals surface area contributed by atoms with E-state index in [1.807, 2.05) is 48.5 Å². The summed E-state index contributed by atoms with van der Waals surface area (Å²) in [6.45, 7) is 0.767. The lowest BCUT2D eigenvalue weighted by molar-refractivity contribution is -0.144. The summed E-state index contributed by atoms with van der Waals surface area (Å²) in [6, 6.07) is 15.2. The van der Waals surface area contributed by atoms with E-state index in [9.17, 15) is 9.59 Å². The molecule has 4 nitrogen and oxygen atoms in total. The molecular formula is C26H32Cl2O4. The molecule has 0 spiro atoms. The molecule has 0 unspecified atom stereocenters. The Kier molecular flexibility index (Phi) is 12.9. The van der Waals surface area contributed by atoms with Crippen molar-refractivity contribution in [1.29, 1.82) is 0 Å². The molecule has 0 fully saturated rings. The molecule has 2 rings (SSSR count). The fourth-order valence-electron chi connectivity index (χ4n) is 3.34. The van der Waals surface area contributed by atoms with Gasteiger partial charge in [0.05, 0.1) is 13.2 Å². The highest BCUT2D eigenvalue weighted by atomic mass is 35.5. The van der Waals surface area contributed by atoms with Crippen LogP contribution in [0.25, 0.3) is 0 Å². The van der Waals surface area contributed by atoms with Crippen molar-refractivity contribution in [2.45, 2.75) is 64.2 Å². The van der Waals surface area contributed by atoms with Crippen LogP contribution in [0.15, 0.2) is 48.5 Å². The van der Waals surface area contributed by atoms with E-state index >= 15 is 0 Å². The van der Waals surface area contributed by atoms with Crippen molar-refractivity contribution in [1.82, 2.24) is 0 Å². The Morgan fingerprint density at radius 3 is 1.44 bits per heavy atom. The third-order valence-electron chi connectivity index (χ3n) is 5.10. The van der Waals surface area contributed by atoms with Crippen molar-refractivity contribution in [3.63, 3.8) is 0 Å². The van der Waals surface area contributed by atoms with Gasteiger partial charge in [-0.2, -0.15) is 0 Å². The van der Waals surface area contributed by atoms with Gasteiger partial charge >= 0.3 is 11.9 Å². The molecule has 0 radical (unpaired) electrons. The number of hydrogen-bond donors (Lipinski definition) is 0. The second-order valence-electron chi connectivity index (χ2n) is 7.82. The molecule has 0 atom stereocenters. The molecule has 0 aromatic heterocycles. The Morgan fingerprint density at radius 1 is 0.625 bits per heavy atom. The quantitative estimate of drug-likeness (QED) is 0.204. The van der Waals surface area contributed by atoms with Crippen LogP contribution in [0.3, 0.4) is 0 Å². The molecule has 0 aliphatic carbocycles. The normalized spacial score (nSPS) is 10.7. The van der Waals surface area contributed by atoms with E-state index in [1.54, 1.807) is 0 Å². The lowest BCUT2D eigenvalue weighted by Crippen LogP contribution is -2.07. The number of carbonyl (C=O) groups is 2. The number of ether oxygens (including phenoxy) is 2. The largest absolute Gasteiger partial charge is 0.465 e. The van der Waals surface area contributed by atoms with Gasteiger partial charge in [-0.3, -0.25) is 9.59 Å². The number of hydrogen-bond acceptors (Lipinski definition) is 4. The predicted molar refractivity (Wildman–Crippen MR) is 129 cm³/mol. The highest BCUT2D eigenvalue weighted by Gasteiger charge is 2.05. The highest BCUT2D eigenvalue weighted by molar-refractivity contribution is 6.30. The SMILES string of the molecule is O=C(CCCCCCCCC(=O)OCCc1cccc(Cl)c1)OCCc1cccc(Cl)c1. The molecule has 0 saturated heterocycles. The summed E-state index contributed by atoms with van der Waals surface area (Å²) in [6.07, 6.45) is 8.02. The maximum atomic E-state index is 11.8. The topological polar surface area (TPSA) is 52.6 Å². The molecule has 0 saturated carbocycles. The first kappa shape index (κ1) is 26.2. The van der Waals surface area contributed by atoms with E-state index in [0.29, 0.717) is 48.9 Å². The minimum Gasteiger partial charge on any atom is -0.465 e. The Labute approximate surface area is 201 Å². The van der Waals surface area contributed by atoms with Gasteiger partial charge < -0.3 is 9.47 Å². The molecule has 2 aromatic rings. The van der Waals surface area contributed by atoms with Crippen LogP contribution in [-0.2, 0) is 31.9 Å². The van der Waals surface area contributed by atoms with Crippen LogP contribution >= 0.6 is 23.2 Å². The number of benzene rings is 2. The maximum Gasteiger partial charge on any atom is 0.305 e. The smallest absolute Gasteiger partial charge is 0.305 e. The zero-order valence-corrected chi connectivity index (χ0v) is 20.0. The first-order valence-corrected chi connectivity index (χ1v) is 12.1. The third kappa shape index (κ3) is 12.1. The summed E-state index contributed by atoms with van der Waals surface area (Å²) >= 11 is 11.9. The number of carbonyl (C=O) groups excluding carboxylic acids is 2. The van der Waals surface area contributed by atoms with E-state index in [-0.39, 0.29) is 11.9 Å². The van der Waals surface area contributed by atoms with Crippen LogP contribution in [0.1, 0.15) is 62.5 Å². The number of rotatable bonds is 15. The molecule has 0 amide bonds. The minimum absolute atomic E-state index is 0.146. The highest BCUT2D eigenvalue weighted by Crippen LogP contribution is 2.13. The Bertz CT molecular complexity index is 769. The van der Waals surface area contributed by atoms with Crippen molar-refractivity contribution in [2.75, 3.05) is 13.2 Å². The average molecular weight is 479 g/mol. The van der Waals surface area contributed by atoms with Crippen LogP contribution in [0.2, 0.25) is 10.0 Å². The van der Waals surface area contributed by atoms with Gasteiger partial charge in [-0.15, -0.1) is 0 Å². The molecule has 6 heteroatoms. The standard InChI is InChI=1S/C26H32Cl2O4/c27-23-11-7-9-21(19-23)15-17-31-25(29)13-5-3-1-2-4-6-14-26(30)32-18-16-22-10-8-12-24(28)20-22/h7-12,19-20H,1-6,13-18H2. The predicted octanol–water partition coefficient (Wildman–Crippen LogP) is 6.99. The second-order valence-corrected chi connectivity index (χ2v) is 8.69. The van der Waals surface area contributed by atoms with Gasteiger partial charge in [-0.05, 0) is 48.2 Å². The summed E-state index contributed by atoms with van der Waals surface area (Å²) in [5, 5.41) is 1.39. The lowest BCUT2D eigenvalue weighted by Gasteiger charge is -2.06. The minimum atomic E-state index is -0.146. The van der Waals surface area contributed by atoms with E-state index in [1.165, 1.54) is 0 Å². The van der Waals surface area contributed by atoms with Gasteiger partial charge in [0.2, 0.25) is 0 Å². The molecule has 0 aliphatic rings. The van der Waals surface area contributed by atoms with Gasteiger partial charge in [-0.1, -0.05) is 73.2 Å². The van der Waals surface area contributed by atoms with E-state index in [0.717, 1.165) is 49.7 Å². The lowest BCUT2D eigenvalue weighted by atomic mass is 10.1. The summed E-state index contributed by atoms with van der Waals surface area (Å²) in [5.41, 5.74) is 2.13. The average Bonchev–Trinajstić information content (AvgIpc) is 2.76. The van der Waals surface area contributed by atoms with Crippen molar-refractivity contribution in [3.05, 3.63) is 69.7 Å². The molecule has 174 valence electrons. The van der Waals surface area contributed by atoms with Crippen molar-refractivity contribution in [2.24, 2.45) is 0 Å². The zero-order chi connectivity index (χ0) is 23.0. The monoisotopic (exact) mass is 478 g/mol. The summed E-state index contributed by atoms with van der Waals surface area (Å²) in [7, 11) is 0. The third-order valence-corrected chi connectivity index (χ3v) is 5.57. The fourth-order valence-corrected chi connectivity index (χ4v) is 3.77. The van der Waals surface area contributed by atoms with Gasteiger partial charge in [0, 0.05) is 35.7 Å². The molecule has 0 aliphatic heterocycles. The number of unbranched alkanes of at least 4 members (excludes halogenated alkanes) is 5. The van der Waals surface area contributed by atoms with E-state index in [4.69, 9.17) is 32.7 Å². The Hall–Kier alpha value is -2.04. The Balaban J connectivity index is 1.38. The molecule has 0 bridgehead atoms. The summed E-state index contributed by atoms with van der Waals surface area (Å²) in [4.78, 5) is 23.6. The second kappa shape index (κ2) is 15.7. The maximum absolute atomic E-state index is 11.8. The number of esters is 2. The summed E-state index contributed by atoms with van der Waals surface area (Å²) in [5.74, 6) is -0.292. The van der Waals surface area contributed by atoms with Crippen LogP contribution in [0.5, 0.6) is 0 Å². The summed E-state index contributed by atoms with van der Waals surface area (Å²) < 4.78 is 10.6. The molecular weight excluding hydrogens is 447 g/mol. The van der Waals surface area contributed by atoms with Gasteiger partial charge in [0.15, 0.2) is 0 Å². The Morgan fingerprint density at radius 2 is 1.03 bits per heavy atom. The van der Waals surface area contributed by atoms with Gasteiger partial charge in [0.1, 0.15) is 0 Å². The van der Waals surface area contributed by atoms with Gasteiger partial charge in [0.25, 0.3) is 0 Å². The van der Waals surface area contributed by atoms with Crippen LogP contribution in [0, 0.1) is 0 Å². The van der Waals surface area contributed by atoms with Crippen LogP contribution in [-0.4, -0.2) is 25.2 Å². The molecule has 2 aromatic carbocycles. The van der Waals surface area contributed by atoms with Crippen molar-refractivity contribution < 1.29 is 19.1 Å². The van der Waals surface area contributed by atoms with E-state index < -0.39 is 0 Å². The zero-order valence-electron chi connectivity index (χ0n) is 18.5. The van der Waals surface area contributed by atoms with Crippen molar-refractivity contribution in [3.8, 4) is 0 Å². The van der Waals surface area contributed by atoms with Crippen molar-refractivity contribution >= 4 is 35.1 Å². The van der Waals surface area contributed by atoms with Crippen LogP contribution in [0.4, 0.5) is 0 Å². The van der Waals surface area contributed by atoms with E-state index in [2.05, 4.69) is 0 Å². The van der Waals surface area contributed by atoms with Gasteiger partial charge in [-0.25, -0.2) is 0 Å². The molecule has 0 N–H and O–H groups in total. The first-order valence-electron chi connectivity index (χ1n) is 11.3.